The van der Waals surface area contributed by atoms with Gasteiger partial charge in [0.2, 0.25) is 0 Å². The van der Waals surface area contributed by atoms with Crippen LogP contribution in [0.15, 0.2) is 12.4 Å². The van der Waals surface area contributed by atoms with Crippen molar-refractivity contribution in [1.82, 2.24) is 15.1 Å². The lowest BCUT2D eigenvalue weighted by atomic mass is 9.93. The summed E-state index contributed by atoms with van der Waals surface area (Å²) in [6.45, 7) is 5.14. The van der Waals surface area contributed by atoms with E-state index >= 15 is 0 Å². The van der Waals surface area contributed by atoms with Crippen molar-refractivity contribution >= 4 is 5.97 Å². The highest BCUT2D eigenvalue weighted by Crippen LogP contribution is 2.41. The molecule has 100 valence electrons. The predicted molar refractivity (Wildman–Crippen MR) is 68.3 cm³/mol. The lowest BCUT2D eigenvalue weighted by Gasteiger charge is -2.30. The lowest BCUT2D eigenvalue weighted by molar-refractivity contribution is -0.146. The number of carboxylic acid groups (broad SMARTS) is 1. The number of carbonyl (C=O) groups is 1. The minimum absolute atomic E-state index is 0.228. The van der Waals surface area contributed by atoms with Crippen molar-refractivity contribution in [3.8, 4) is 0 Å². The molecular weight excluding hydrogens is 230 g/mol. The molecule has 5 heteroatoms. The van der Waals surface area contributed by atoms with Crippen LogP contribution >= 0.6 is 0 Å². The van der Waals surface area contributed by atoms with Crippen LogP contribution in [0.25, 0.3) is 0 Å². The molecule has 5 nitrogen and oxygen atoms in total. The van der Waals surface area contributed by atoms with Gasteiger partial charge in [-0.1, -0.05) is 6.92 Å². The maximum atomic E-state index is 11.7. The molecule has 0 spiro atoms. The second kappa shape index (κ2) is 5.10. The Labute approximate surface area is 107 Å². The van der Waals surface area contributed by atoms with Crippen LogP contribution in [0.4, 0.5) is 0 Å². The van der Waals surface area contributed by atoms with E-state index in [0.717, 1.165) is 31.4 Å². The Morgan fingerprint density at radius 2 is 2.39 bits per heavy atom. The Morgan fingerprint density at radius 1 is 1.67 bits per heavy atom. The van der Waals surface area contributed by atoms with Crippen molar-refractivity contribution < 1.29 is 9.90 Å². The van der Waals surface area contributed by atoms with Crippen LogP contribution in [0.3, 0.4) is 0 Å². The number of aliphatic carboxylic acids is 1. The molecular formula is C13H21N3O2. The average Bonchev–Trinajstić information content (AvgIpc) is 3.09. The van der Waals surface area contributed by atoms with Crippen LogP contribution in [0.5, 0.6) is 0 Å². The first-order valence-corrected chi connectivity index (χ1v) is 6.56. The number of aryl methyl sites for hydroxylation is 1. The number of nitrogens with zero attached hydrogens (tertiary/aromatic N) is 2. The van der Waals surface area contributed by atoms with Gasteiger partial charge in [0.1, 0.15) is 5.54 Å². The number of aromatic nitrogens is 2. The van der Waals surface area contributed by atoms with E-state index in [9.17, 15) is 9.90 Å². The van der Waals surface area contributed by atoms with Crippen molar-refractivity contribution in [2.45, 2.75) is 45.2 Å². The van der Waals surface area contributed by atoms with Crippen molar-refractivity contribution in [2.24, 2.45) is 5.92 Å². The van der Waals surface area contributed by atoms with E-state index in [0.29, 0.717) is 6.54 Å². The van der Waals surface area contributed by atoms with E-state index in [-0.39, 0.29) is 5.92 Å². The fourth-order valence-electron chi connectivity index (χ4n) is 2.38. The van der Waals surface area contributed by atoms with Gasteiger partial charge in [-0.2, -0.15) is 5.10 Å². The second-order valence-electron chi connectivity index (χ2n) is 5.19. The van der Waals surface area contributed by atoms with E-state index in [1.165, 1.54) is 0 Å². The van der Waals surface area contributed by atoms with Gasteiger partial charge in [-0.25, -0.2) is 0 Å². The normalized spacial score (nSPS) is 18.6. The molecule has 0 bridgehead atoms. The summed E-state index contributed by atoms with van der Waals surface area (Å²) in [5, 5.41) is 17.1. The minimum Gasteiger partial charge on any atom is -0.480 e. The molecule has 1 aromatic heterocycles. The Bertz CT molecular complexity index is 426. The zero-order valence-corrected chi connectivity index (χ0v) is 11.0. The van der Waals surface area contributed by atoms with E-state index < -0.39 is 11.5 Å². The van der Waals surface area contributed by atoms with Gasteiger partial charge in [0.05, 0.1) is 12.7 Å². The largest absolute Gasteiger partial charge is 0.480 e. The van der Waals surface area contributed by atoms with Crippen molar-refractivity contribution in [1.29, 1.82) is 0 Å². The fraction of sp³-hybridized carbons (Fsp3) is 0.692. The maximum absolute atomic E-state index is 11.7. The first kappa shape index (κ1) is 13.1. The van der Waals surface area contributed by atoms with E-state index in [4.69, 9.17) is 0 Å². The molecule has 1 aliphatic rings. The molecule has 1 fully saturated rings. The van der Waals surface area contributed by atoms with Crippen molar-refractivity contribution in [3.05, 3.63) is 18.0 Å². The summed E-state index contributed by atoms with van der Waals surface area (Å²) in [5.74, 6) is -0.530. The molecule has 0 saturated heterocycles. The lowest BCUT2D eigenvalue weighted by Crippen LogP contribution is -2.57. The van der Waals surface area contributed by atoms with Gasteiger partial charge in [-0.05, 0) is 44.2 Å². The summed E-state index contributed by atoms with van der Waals surface area (Å²) < 4.78 is 1.74. The highest BCUT2D eigenvalue weighted by Gasteiger charge is 2.51. The van der Waals surface area contributed by atoms with Crippen LogP contribution in [-0.4, -0.2) is 32.9 Å². The summed E-state index contributed by atoms with van der Waals surface area (Å²) in [5.41, 5.74) is 0.203. The van der Waals surface area contributed by atoms with Gasteiger partial charge in [0.15, 0.2) is 0 Å². The molecule has 1 saturated carbocycles. The third-order valence-corrected chi connectivity index (χ3v) is 3.52. The molecule has 2 N–H and O–H groups in total. The average molecular weight is 251 g/mol. The standard InChI is InChI=1S/C13H21N3O2/c1-3-6-14-13(12(17)18,11-4-5-11)9-16-8-10(2)7-15-16/h7-8,11,14H,3-6,9H2,1-2H3,(H,17,18). The Morgan fingerprint density at radius 3 is 2.83 bits per heavy atom. The molecule has 0 amide bonds. The van der Waals surface area contributed by atoms with Crippen LogP contribution in [0, 0.1) is 12.8 Å². The second-order valence-corrected chi connectivity index (χ2v) is 5.19. The maximum Gasteiger partial charge on any atom is 0.326 e. The molecule has 1 aromatic rings. The van der Waals surface area contributed by atoms with E-state index in [1.54, 1.807) is 10.9 Å². The van der Waals surface area contributed by atoms with Crippen molar-refractivity contribution in [3.63, 3.8) is 0 Å². The van der Waals surface area contributed by atoms with Gasteiger partial charge in [-0.15, -0.1) is 0 Å². The molecule has 1 unspecified atom stereocenters. The van der Waals surface area contributed by atoms with Crippen LogP contribution < -0.4 is 5.32 Å². The summed E-state index contributed by atoms with van der Waals surface area (Å²) in [6, 6.07) is 0. The molecule has 1 atom stereocenters. The van der Waals surface area contributed by atoms with Gasteiger partial charge in [-0.3, -0.25) is 9.48 Å². The fourth-order valence-corrected chi connectivity index (χ4v) is 2.38. The molecule has 18 heavy (non-hydrogen) atoms. The Balaban J connectivity index is 2.19. The predicted octanol–water partition coefficient (Wildman–Crippen LogP) is 1.42. The first-order valence-electron chi connectivity index (χ1n) is 6.56. The minimum atomic E-state index is -0.853. The highest BCUT2D eigenvalue weighted by atomic mass is 16.4. The smallest absolute Gasteiger partial charge is 0.326 e. The van der Waals surface area contributed by atoms with E-state index in [2.05, 4.69) is 10.4 Å². The molecule has 1 heterocycles. The number of hydrogen-bond donors (Lipinski definition) is 2. The number of nitrogens with one attached hydrogen (secondary N) is 1. The summed E-state index contributed by atoms with van der Waals surface area (Å²) in [4.78, 5) is 11.7. The molecule has 2 rings (SSSR count). The van der Waals surface area contributed by atoms with Crippen LogP contribution in [0.2, 0.25) is 0 Å². The highest BCUT2D eigenvalue weighted by molar-refractivity contribution is 5.79. The molecule has 0 aromatic carbocycles. The third-order valence-electron chi connectivity index (χ3n) is 3.52. The van der Waals surface area contributed by atoms with E-state index in [1.807, 2.05) is 20.0 Å². The summed E-state index contributed by atoms with van der Waals surface area (Å²) >= 11 is 0. The topological polar surface area (TPSA) is 67.2 Å². The monoisotopic (exact) mass is 251 g/mol. The molecule has 1 aliphatic carbocycles. The first-order chi connectivity index (χ1) is 8.58. The zero-order valence-electron chi connectivity index (χ0n) is 11.0. The zero-order chi connectivity index (χ0) is 13.2. The number of rotatable bonds is 7. The summed E-state index contributed by atoms with van der Waals surface area (Å²) in [7, 11) is 0. The van der Waals surface area contributed by atoms with Gasteiger partial charge in [0.25, 0.3) is 0 Å². The third kappa shape index (κ3) is 2.56. The molecule has 0 aliphatic heterocycles. The Kier molecular flexibility index (Phi) is 3.71. The van der Waals surface area contributed by atoms with Gasteiger partial charge < -0.3 is 10.4 Å². The van der Waals surface area contributed by atoms with Gasteiger partial charge >= 0.3 is 5.97 Å². The molecule has 0 radical (unpaired) electrons. The van der Waals surface area contributed by atoms with Crippen molar-refractivity contribution in [2.75, 3.05) is 6.54 Å². The number of carboxylic acids is 1. The number of hydrogen-bond acceptors (Lipinski definition) is 3. The quantitative estimate of drug-likeness (QED) is 0.769. The van der Waals surface area contributed by atoms with Gasteiger partial charge in [0, 0.05) is 6.20 Å². The Hall–Kier alpha value is -1.36. The SMILES string of the molecule is CCCNC(Cn1cc(C)cn1)(C(=O)O)C1CC1. The van der Waals surface area contributed by atoms with Crippen LogP contribution in [-0.2, 0) is 11.3 Å². The van der Waals surface area contributed by atoms with Crippen LogP contribution in [0.1, 0.15) is 31.7 Å². The summed E-state index contributed by atoms with van der Waals surface area (Å²) in [6.07, 6.45) is 6.57.